The molecule has 0 bridgehead atoms. The number of halogens is 1. The Morgan fingerprint density at radius 1 is 1.02 bits per heavy atom. The third-order valence-electron chi connectivity index (χ3n) is 7.12. The summed E-state index contributed by atoms with van der Waals surface area (Å²) in [5, 5.41) is 12.7. The highest BCUT2D eigenvalue weighted by Crippen LogP contribution is 2.32. The van der Waals surface area contributed by atoms with Gasteiger partial charge < -0.3 is 14.8 Å². The highest BCUT2D eigenvalue weighted by molar-refractivity contribution is 7.07. The third-order valence-corrected chi connectivity index (χ3v) is 8.36. The number of thiazole rings is 1. The number of allylic oxidation sites excluding steroid dienone is 1. The molecule has 0 spiro atoms. The summed E-state index contributed by atoms with van der Waals surface area (Å²) < 4.78 is 7.97. The zero-order valence-corrected chi connectivity index (χ0v) is 24.6. The Kier molecular flexibility index (Phi) is 7.43. The summed E-state index contributed by atoms with van der Waals surface area (Å²) in [5.74, 6) is -0.370. The van der Waals surface area contributed by atoms with Crippen LogP contribution in [-0.4, -0.2) is 21.6 Å². The highest BCUT2D eigenvalue weighted by atomic mass is 35.5. The summed E-state index contributed by atoms with van der Waals surface area (Å²) in [6.07, 6.45) is 1.65. The number of carboxylic acids is 1. The molecule has 1 amide bonds. The van der Waals surface area contributed by atoms with E-state index in [4.69, 9.17) is 16.0 Å². The van der Waals surface area contributed by atoms with Gasteiger partial charge in [0.2, 0.25) is 0 Å². The van der Waals surface area contributed by atoms with Gasteiger partial charge >= 0.3 is 5.97 Å². The zero-order valence-electron chi connectivity index (χ0n) is 23.0. The molecule has 1 aliphatic heterocycles. The standard InChI is InChI=1S/C33H24ClN3O5S/c1-18-16-21(32(40)41)10-14-25(18)26-15-13-24(42-26)17-27-31(39)37-29(20-8-11-22(34)12-9-20)28(19(2)35-33(37)43-27)30(38)36-23-6-4-3-5-7-23/h3-17,29H,1-2H3,(H,36,38)(H,40,41)/b27-17-/t29-/m0/s1. The normalized spacial score (nSPS) is 14.8. The largest absolute Gasteiger partial charge is 0.478 e. The lowest BCUT2D eigenvalue weighted by Gasteiger charge is -2.25. The second-order valence-electron chi connectivity index (χ2n) is 9.99. The van der Waals surface area contributed by atoms with Gasteiger partial charge in [0.1, 0.15) is 11.5 Å². The maximum atomic E-state index is 13.9. The van der Waals surface area contributed by atoms with Crippen LogP contribution in [0.5, 0.6) is 0 Å². The van der Waals surface area contributed by atoms with Crippen molar-refractivity contribution in [1.29, 1.82) is 0 Å². The van der Waals surface area contributed by atoms with Crippen LogP contribution in [0.1, 0.15) is 40.2 Å². The van der Waals surface area contributed by atoms with E-state index in [0.29, 0.717) is 48.4 Å². The lowest BCUT2D eigenvalue weighted by molar-refractivity contribution is -0.113. The van der Waals surface area contributed by atoms with E-state index in [1.54, 1.807) is 73.7 Å². The molecule has 6 rings (SSSR count). The molecule has 8 nitrogen and oxygen atoms in total. The van der Waals surface area contributed by atoms with E-state index in [1.807, 2.05) is 25.1 Å². The number of carbonyl (C=O) groups is 2. The Morgan fingerprint density at radius 3 is 2.47 bits per heavy atom. The Bertz CT molecular complexity index is 2110. The molecule has 0 saturated carbocycles. The second kappa shape index (κ2) is 11.4. The number of aromatic nitrogens is 1. The zero-order chi connectivity index (χ0) is 30.2. The van der Waals surface area contributed by atoms with Crippen molar-refractivity contribution < 1.29 is 19.1 Å². The number of aryl methyl sites for hydroxylation is 1. The number of hydrogen-bond donors (Lipinski definition) is 2. The first-order chi connectivity index (χ1) is 20.7. The van der Waals surface area contributed by atoms with Crippen LogP contribution in [0.4, 0.5) is 5.69 Å². The Balaban J connectivity index is 1.43. The third kappa shape index (κ3) is 5.48. The van der Waals surface area contributed by atoms with E-state index in [0.717, 1.165) is 11.1 Å². The summed E-state index contributed by atoms with van der Waals surface area (Å²) >= 11 is 7.38. The van der Waals surface area contributed by atoms with Gasteiger partial charge in [-0.3, -0.25) is 14.2 Å². The number of anilines is 1. The number of amides is 1. The molecule has 5 aromatic rings. The van der Waals surface area contributed by atoms with Gasteiger partial charge in [-0.2, -0.15) is 0 Å². The van der Waals surface area contributed by atoms with Crippen molar-refractivity contribution >= 4 is 46.6 Å². The molecule has 3 heterocycles. The van der Waals surface area contributed by atoms with Crippen molar-refractivity contribution in [2.45, 2.75) is 19.9 Å². The minimum absolute atomic E-state index is 0.191. The minimum Gasteiger partial charge on any atom is -0.478 e. The molecule has 214 valence electrons. The van der Waals surface area contributed by atoms with E-state index in [-0.39, 0.29) is 17.0 Å². The van der Waals surface area contributed by atoms with Gasteiger partial charge in [0.25, 0.3) is 11.5 Å². The number of nitrogens with one attached hydrogen (secondary N) is 1. The van der Waals surface area contributed by atoms with Gasteiger partial charge in [-0.25, -0.2) is 9.79 Å². The van der Waals surface area contributed by atoms with Crippen molar-refractivity contribution in [3.8, 4) is 11.3 Å². The number of para-hydroxylation sites is 1. The summed E-state index contributed by atoms with van der Waals surface area (Å²) in [6.45, 7) is 3.57. The fourth-order valence-electron chi connectivity index (χ4n) is 5.07. The van der Waals surface area contributed by atoms with Gasteiger partial charge in [-0.05, 0) is 73.5 Å². The molecule has 0 unspecified atom stereocenters. The molecule has 0 radical (unpaired) electrons. The van der Waals surface area contributed by atoms with Crippen molar-refractivity contribution in [3.63, 3.8) is 0 Å². The molecule has 43 heavy (non-hydrogen) atoms. The molecular weight excluding hydrogens is 586 g/mol. The summed E-state index contributed by atoms with van der Waals surface area (Å²) in [4.78, 5) is 44.0. The molecule has 2 aromatic heterocycles. The molecule has 10 heteroatoms. The predicted molar refractivity (Wildman–Crippen MR) is 166 cm³/mol. The van der Waals surface area contributed by atoms with E-state index in [9.17, 15) is 19.5 Å². The van der Waals surface area contributed by atoms with Gasteiger partial charge in [0, 0.05) is 22.3 Å². The average Bonchev–Trinajstić information content (AvgIpc) is 3.57. The van der Waals surface area contributed by atoms with E-state index < -0.39 is 12.0 Å². The van der Waals surface area contributed by atoms with Crippen LogP contribution in [0.25, 0.3) is 17.4 Å². The number of aromatic carboxylic acids is 1. The number of fused-ring (bicyclic) bond motifs is 1. The summed E-state index contributed by atoms with van der Waals surface area (Å²) in [5.41, 5.74) is 3.57. The molecule has 0 saturated heterocycles. The first-order valence-corrected chi connectivity index (χ1v) is 14.5. The molecular formula is C33H24ClN3O5S. The molecule has 1 aliphatic rings. The van der Waals surface area contributed by atoms with Crippen LogP contribution in [0.2, 0.25) is 5.02 Å². The van der Waals surface area contributed by atoms with Crippen molar-refractivity contribution in [1.82, 2.24) is 4.57 Å². The van der Waals surface area contributed by atoms with Crippen LogP contribution in [0.15, 0.2) is 110 Å². The molecule has 2 N–H and O–H groups in total. The molecule has 1 atom stereocenters. The molecule has 3 aromatic carbocycles. The first kappa shape index (κ1) is 28.1. The Morgan fingerprint density at radius 2 is 1.77 bits per heavy atom. The maximum Gasteiger partial charge on any atom is 0.335 e. The lowest BCUT2D eigenvalue weighted by Crippen LogP contribution is -2.40. The maximum absolute atomic E-state index is 13.9. The topological polar surface area (TPSA) is 114 Å². The van der Waals surface area contributed by atoms with Crippen LogP contribution in [0, 0.1) is 6.92 Å². The van der Waals surface area contributed by atoms with Gasteiger partial charge in [0.15, 0.2) is 4.80 Å². The monoisotopic (exact) mass is 609 g/mol. The molecule has 0 aliphatic carbocycles. The van der Waals surface area contributed by atoms with Crippen molar-refractivity contribution in [2.24, 2.45) is 4.99 Å². The number of carboxylic acid groups (broad SMARTS) is 1. The number of nitrogens with zero attached hydrogens (tertiary/aromatic N) is 2. The summed E-state index contributed by atoms with van der Waals surface area (Å²) in [6, 6.07) is 23.8. The highest BCUT2D eigenvalue weighted by Gasteiger charge is 2.32. The van der Waals surface area contributed by atoms with Crippen LogP contribution in [0.3, 0.4) is 0 Å². The van der Waals surface area contributed by atoms with Crippen LogP contribution in [-0.2, 0) is 4.79 Å². The van der Waals surface area contributed by atoms with Crippen molar-refractivity contribution in [2.75, 3.05) is 5.32 Å². The molecule has 0 fully saturated rings. The quantitative estimate of drug-likeness (QED) is 0.253. The smallest absolute Gasteiger partial charge is 0.335 e. The summed E-state index contributed by atoms with van der Waals surface area (Å²) in [7, 11) is 0. The minimum atomic E-state index is -1.00. The SMILES string of the molecule is CC1=C(C(=O)Nc2ccccc2)[C@H](c2ccc(Cl)cc2)n2c(s/c(=C\c3ccc(-c4ccc(C(=O)O)cc4C)o3)c2=O)=N1. The van der Waals surface area contributed by atoms with Crippen LogP contribution < -0.4 is 20.2 Å². The fraction of sp³-hybridized carbons (Fsp3) is 0.0909. The number of benzene rings is 3. The van der Waals surface area contributed by atoms with Gasteiger partial charge in [-0.15, -0.1) is 0 Å². The lowest BCUT2D eigenvalue weighted by atomic mass is 9.95. The number of rotatable bonds is 6. The Labute approximate surface area is 254 Å². The van der Waals surface area contributed by atoms with E-state index >= 15 is 0 Å². The number of hydrogen-bond acceptors (Lipinski definition) is 6. The fourth-order valence-corrected chi connectivity index (χ4v) is 6.22. The van der Waals surface area contributed by atoms with E-state index in [1.165, 1.54) is 22.0 Å². The second-order valence-corrected chi connectivity index (χ2v) is 11.4. The van der Waals surface area contributed by atoms with Gasteiger partial charge in [-0.1, -0.05) is 59.3 Å². The Hall–Kier alpha value is -4.99. The number of furan rings is 1. The first-order valence-electron chi connectivity index (χ1n) is 13.3. The van der Waals surface area contributed by atoms with Crippen LogP contribution >= 0.6 is 22.9 Å². The van der Waals surface area contributed by atoms with Crippen molar-refractivity contribution in [3.05, 3.63) is 143 Å². The van der Waals surface area contributed by atoms with Gasteiger partial charge in [0.05, 0.1) is 27.4 Å². The predicted octanol–water partition coefficient (Wildman–Crippen LogP) is 5.79. The number of carbonyl (C=O) groups excluding carboxylic acids is 1. The van der Waals surface area contributed by atoms with E-state index in [2.05, 4.69) is 10.3 Å². The average molecular weight is 610 g/mol.